The molecule has 0 bridgehead atoms. The Labute approximate surface area is 158 Å². The maximum atomic E-state index is 12.4. The van der Waals surface area contributed by atoms with Crippen LogP contribution in [0.1, 0.15) is 24.1 Å². The van der Waals surface area contributed by atoms with Gasteiger partial charge in [-0.3, -0.25) is 14.9 Å². The van der Waals surface area contributed by atoms with Crippen molar-refractivity contribution in [2.75, 3.05) is 13.2 Å². The minimum absolute atomic E-state index is 0.0594. The number of benzene rings is 2. The first-order chi connectivity index (χ1) is 12.5. The van der Waals surface area contributed by atoms with Crippen LogP contribution in [-0.2, 0) is 11.2 Å². The van der Waals surface area contributed by atoms with Crippen LogP contribution in [-0.4, -0.2) is 24.0 Å². The van der Waals surface area contributed by atoms with Crippen molar-refractivity contribution >= 4 is 27.5 Å². The molecule has 0 saturated heterocycles. The molecule has 26 heavy (non-hydrogen) atoms. The maximum absolute atomic E-state index is 12.4. The molecule has 0 radical (unpaired) electrons. The molecule has 136 valence electrons. The molecule has 7 nitrogen and oxygen atoms in total. The predicted molar refractivity (Wildman–Crippen MR) is 98.5 cm³/mol. The average molecular weight is 421 g/mol. The molecule has 0 saturated carbocycles. The molecule has 0 spiro atoms. The molecule has 1 aliphatic rings. The van der Waals surface area contributed by atoms with Gasteiger partial charge in [-0.15, -0.1) is 0 Å². The van der Waals surface area contributed by atoms with Crippen LogP contribution in [0, 0.1) is 10.1 Å². The standard InChI is InChI=1S/C18H17BrN2O5/c1-11(13-9-16-17(10-14(13)19)26-7-6-25-16)20-18(22)8-12-4-2-3-5-15(12)21(23)24/h2-5,9-11H,6-8H2,1H3,(H,20,22). The summed E-state index contributed by atoms with van der Waals surface area (Å²) in [5.74, 6) is 0.994. The zero-order valence-corrected chi connectivity index (χ0v) is 15.6. The Morgan fingerprint density at radius 2 is 1.92 bits per heavy atom. The average Bonchev–Trinajstić information content (AvgIpc) is 2.61. The first-order valence-corrected chi connectivity index (χ1v) is 8.85. The Balaban J connectivity index is 1.73. The molecule has 1 atom stereocenters. The van der Waals surface area contributed by atoms with E-state index in [2.05, 4.69) is 21.2 Å². The van der Waals surface area contributed by atoms with E-state index in [9.17, 15) is 14.9 Å². The third kappa shape index (κ3) is 3.96. The molecule has 8 heteroatoms. The summed E-state index contributed by atoms with van der Waals surface area (Å²) in [5, 5.41) is 13.9. The van der Waals surface area contributed by atoms with Gasteiger partial charge in [0.05, 0.1) is 17.4 Å². The van der Waals surface area contributed by atoms with Gasteiger partial charge in [-0.2, -0.15) is 0 Å². The Morgan fingerprint density at radius 3 is 2.62 bits per heavy atom. The summed E-state index contributed by atoms with van der Waals surface area (Å²) in [7, 11) is 0. The van der Waals surface area contributed by atoms with Crippen molar-refractivity contribution in [2.24, 2.45) is 0 Å². The fraction of sp³-hybridized carbons (Fsp3) is 0.278. The van der Waals surface area contributed by atoms with Crippen LogP contribution in [0.15, 0.2) is 40.9 Å². The molecule has 3 rings (SSSR count). The molecule has 1 unspecified atom stereocenters. The molecular weight excluding hydrogens is 404 g/mol. The van der Waals surface area contributed by atoms with E-state index >= 15 is 0 Å². The highest BCUT2D eigenvalue weighted by molar-refractivity contribution is 9.10. The summed E-state index contributed by atoms with van der Waals surface area (Å²) in [6.45, 7) is 2.82. The van der Waals surface area contributed by atoms with Gasteiger partial charge in [-0.05, 0) is 24.6 Å². The van der Waals surface area contributed by atoms with Crippen molar-refractivity contribution < 1.29 is 19.2 Å². The number of rotatable bonds is 5. The fourth-order valence-electron chi connectivity index (χ4n) is 2.79. The van der Waals surface area contributed by atoms with Crippen molar-refractivity contribution in [3.8, 4) is 11.5 Å². The number of halogens is 1. The molecule has 1 heterocycles. The van der Waals surface area contributed by atoms with Gasteiger partial charge in [0.2, 0.25) is 5.91 Å². The number of carbonyl (C=O) groups excluding carboxylic acids is 1. The minimum atomic E-state index is -0.483. The Kier molecular flexibility index (Phi) is 5.41. The zero-order valence-electron chi connectivity index (χ0n) is 14.0. The van der Waals surface area contributed by atoms with E-state index in [0.717, 1.165) is 10.0 Å². The minimum Gasteiger partial charge on any atom is -0.486 e. The topological polar surface area (TPSA) is 90.7 Å². The van der Waals surface area contributed by atoms with E-state index in [-0.39, 0.29) is 24.1 Å². The molecule has 0 aromatic heterocycles. The largest absolute Gasteiger partial charge is 0.486 e. The smallest absolute Gasteiger partial charge is 0.273 e. The summed E-state index contributed by atoms with van der Waals surface area (Å²) >= 11 is 3.49. The Hall–Kier alpha value is -2.61. The Bertz CT molecular complexity index is 855. The normalized spacial score (nSPS) is 13.8. The van der Waals surface area contributed by atoms with E-state index in [4.69, 9.17) is 9.47 Å². The number of para-hydroxylation sites is 1. The van der Waals surface area contributed by atoms with Crippen molar-refractivity contribution in [1.29, 1.82) is 0 Å². The Morgan fingerprint density at radius 1 is 1.27 bits per heavy atom. The number of carbonyl (C=O) groups is 1. The SMILES string of the molecule is CC(NC(=O)Cc1ccccc1[N+](=O)[O-])c1cc2c(cc1Br)OCCO2. The molecular formula is C18H17BrN2O5. The molecule has 2 aromatic rings. The highest BCUT2D eigenvalue weighted by Crippen LogP contribution is 2.37. The number of hydrogen-bond acceptors (Lipinski definition) is 5. The van der Waals surface area contributed by atoms with Gasteiger partial charge in [-0.25, -0.2) is 0 Å². The van der Waals surface area contributed by atoms with Crippen LogP contribution in [0.25, 0.3) is 0 Å². The van der Waals surface area contributed by atoms with Gasteiger partial charge in [0.15, 0.2) is 11.5 Å². The van der Waals surface area contributed by atoms with Crippen molar-refractivity contribution in [3.05, 3.63) is 62.1 Å². The number of nitrogens with zero attached hydrogens (tertiary/aromatic N) is 1. The summed E-state index contributed by atoms with van der Waals surface area (Å²) < 4.78 is 11.9. The quantitative estimate of drug-likeness (QED) is 0.589. The monoisotopic (exact) mass is 420 g/mol. The van der Waals surface area contributed by atoms with Gasteiger partial charge in [0, 0.05) is 16.1 Å². The summed E-state index contributed by atoms with van der Waals surface area (Å²) in [6, 6.07) is 9.56. The third-order valence-electron chi connectivity index (χ3n) is 4.04. The molecule has 1 aliphatic heterocycles. The van der Waals surface area contributed by atoms with Crippen LogP contribution in [0.2, 0.25) is 0 Å². The van der Waals surface area contributed by atoms with Crippen LogP contribution in [0.5, 0.6) is 11.5 Å². The zero-order chi connectivity index (χ0) is 18.7. The molecule has 1 N–H and O–H groups in total. The molecule has 0 aliphatic carbocycles. The number of amides is 1. The molecule has 1 amide bonds. The number of nitro groups is 1. The first-order valence-electron chi connectivity index (χ1n) is 8.06. The number of nitro benzene ring substituents is 1. The van der Waals surface area contributed by atoms with Crippen molar-refractivity contribution in [3.63, 3.8) is 0 Å². The first kappa shape index (κ1) is 18.2. The predicted octanol–water partition coefficient (Wildman–Crippen LogP) is 3.55. The van der Waals surface area contributed by atoms with Gasteiger partial charge in [-0.1, -0.05) is 34.1 Å². The second-order valence-electron chi connectivity index (χ2n) is 5.87. The summed E-state index contributed by atoms with van der Waals surface area (Å²) in [4.78, 5) is 23.0. The number of hydrogen-bond donors (Lipinski definition) is 1. The lowest BCUT2D eigenvalue weighted by atomic mass is 10.1. The molecule has 0 fully saturated rings. The second-order valence-corrected chi connectivity index (χ2v) is 6.72. The van der Waals surface area contributed by atoms with Crippen LogP contribution < -0.4 is 14.8 Å². The lowest BCUT2D eigenvalue weighted by Gasteiger charge is -2.22. The lowest BCUT2D eigenvalue weighted by molar-refractivity contribution is -0.385. The number of nitrogens with one attached hydrogen (secondary N) is 1. The second kappa shape index (κ2) is 7.74. The fourth-order valence-corrected chi connectivity index (χ4v) is 3.46. The van der Waals surface area contributed by atoms with E-state index < -0.39 is 4.92 Å². The number of ether oxygens (including phenoxy) is 2. The van der Waals surface area contributed by atoms with E-state index in [0.29, 0.717) is 30.3 Å². The van der Waals surface area contributed by atoms with Gasteiger partial charge in [0.25, 0.3) is 5.69 Å². The van der Waals surface area contributed by atoms with Crippen molar-refractivity contribution in [2.45, 2.75) is 19.4 Å². The highest BCUT2D eigenvalue weighted by Gasteiger charge is 2.21. The van der Waals surface area contributed by atoms with E-state index in [1.165, 1.54) is 6.07 Å². The van der Waals surface area contributed by atoms with E-state index in [1.807, 2.05) is 19.1 Å². The van der Waals surface area contributed by atoms with E-state index in [1.54, 1.807) is 18.2 Å². The lowest BCUT2D eigenvalue weighted by Crippen LogP contribution is -2.28. The summed E-state index contributed by atoms with van der Waals surface area (Å²) in [6.07, 6.45) is -0.0658. The van der Waals surface area contributed by atoms with Gasteiger partial charge < -0.3 is 14.8 Å². The highest BCUT2D eigenvalue weighted by atomic mass is 79.9. The van der Waals surface area contributed by atoms with Crippen LogP contribution in [0.4, 0.5) is 5.69 Å². The van der Waals surface area contributed by atoms with Crippen molar-refractivity contribution in [1.82, 2.24) is 5.32 Å². The third-order valence-corrected chi connectivity index (χ3v) is 4.73. The van der Waals surface area contributed by atoms with Crippen LogP contribution >= 0.6 is 15.9 Å². The maximum Gasteiger partial charge on any atom is 0.273 e. The molecule has 2 aromatic carbocycles. The number of fused-ring (bicyclic) bond motifs is 1. The van der Waals surface area contributed by atoms with Crippen LogP contribution in [0.3, 0.4) is 0 Å². The summed E-state index contributed by atoms with van der Waals surface area (Å²) in [5.41, 5.74) is 1.16. The van der Waals surface area contributed by atoms with Gasteiger partial charge >= 0.3 is 0 Å². The van der Waals surface area contributed by atoms with Gasteiger partial charge in [0.1, 0.15) is 13.2 Å².